The summed E-state index contributed by atoms with van der Waals surface area (Å²) in [6.45, 7) is 1.91. The van der Waals surface area contributed by atoms with Crippen molar-refractivity contribution >= 4 is 34.7 Å². The van der Waals surface area contributed by atoms with Gasteiger partial charge in [-0.2, -0.15) is 18.3 Å². The third kappa shape index (κ3) is 6.15. The summed E-state index contributed by atoms with van der Waals surface area (Å²) in [6, 6.07) is 15.1. The molecule has 14 heteroatoms. The molecule has 0 aliphatic rings. The van der Waals surface area contributed by atoms with Crippen LogP contribution in [0.4, 0.5) is 19.0 Å². The zero-order valence-corrected chi connectivity index (χ0v) is 20.6. The molecule has 0 saturated heterocycles. The van der Waals surface area contributed by atoms with Crippen molar-refractivity contribution in [2.45, 2.75) is 13.1 Å². The number of hydrogen-bond donors (Lipinski definition) is 2. The van der Waals surface area contributed by atoms with Crippen LogP contribution in [0.5, 0.6) is 11.6 Å². The zero-order valence-electron chi connectivity index (χ0n) is 19.8. The van der Waals surface area contributed by atoms with Gasteiger partial charge in [-0.25, -0.2) is 14.3 Å². The van der Waals surface area contributed by atoms with Gasteiger partial charge in [-0.1, -0.05) is 12.1 Å². The first-order valence-electron chi connectivity index (χ1n) is 10.8. The molecule has 0 spiro atoms. The number of aryl methyl sites for hydroxylation is 2. The van der Waals surface area contributed by atoms with E-state index in [0.29, 0.717) is 28.0 Å². The number of thiophene rings is 1. The van der Waals surface area contributed by atoms with E-state index in [0.717, 1.165) is 16.8 Å². The summed E-state index contributed by atoms with van der Waals surface area (Å²) in [5.74, 6) is -1.43. The van der Waals surface area contributed by atoms with Gasteiger partial charge in [0.1, 0.15) is 5.75 Å². The molecule has 0 saturated carbocycles. The van der Waals surface area contributed by atoms with Gasteiger partial charge in [0.15, 0.2) is 11.5 Å². The second kappa shape index (κ2) is 10.7. The zero-order chi connectivity index (χ0) is 27.4. The first kappa shape index (κ1) is 26.3. The van der Waals surface area contributed by atoms with Gasteiger partial charge in [0.25, 0.3) is 5.91 Å². The molecule has 5 aromatic rings. The maximum atomic E-state index is 12.4. The van der Waals surface area contributed by atoms with Gasteiger partial charge in [-0.05, 0) is 48.2 Å². The number of carbonyl (C=O) groups excluding carboxylic acids is 1. The molecule has 10 nitrogen and oxygen atoms in total. The first-order valence-corrected chi connectivity index (χ1v) is 11.7. The molecule has 0 aliphatic carbocycles. The molecule has 0 unspecified atom stereocenters. The molecule has 5 rings (SSSR count). The number of carboxylic acid groups (broad SMARTS) is 1. The summed E-state index contributed by atoms with van der Waals surface area (Å²) < 4.78 is 41.1. The molecule has 0 bridgehead atoms. The first-order chi connectivity index (χ1) is 18.0. The predicted molar refractivity (Wildman–Crippen MR) is 132 cm³/mol. The number of ether oxygens (including phenoxy) is 1. The van der Waals surface area contributed by atoms with E-state index in [9.17, 15) is 18.0 Å². The smallest absolute Gasteiger partial charge is 0.475 e. The van der Waals surface area contributed by atoms with Gasteiger partial charge >= 0.3 is 12.1 Å². The minimum absolute atomic E-state index is 0.181. The third-order valence-electron chi connectivity index (χ3n) is 5.02. The highest BCUT2D eigenvalue weighted by atomic mass is 32.1. The van der Waals surface area contributed by atoms with E-state index in [2.05, 4.69) is 20.5 Å². The maximum absolute atomic E-state index is 12.4. The van der Waals surface area contributed by atoms with Crippen molar-refractivity contribution < 1.29 is 32.6 Å². The number of rotatable bonds is 5. The van der Waals surface area contributed by atoms with Crippen molar-refractivity contribution in [3.63, 3.8) is 0 Å². The topological polar surface area (TPSA) is 124 Å². The van der Waals surface area contributed by atoms with Crippen LogP contribution in [0.15, 0.2) is 66.3 Å². The number of anilines is 1. The molecule has 0 fully saturated rings. The fraction of sp³-hybridized carbons (Fsp3) is 0.125. The third-order valence-corrected chi connectivity index (χ3v) is 6.04. The number of carbonyl (C=O) groups is 2. The lowest BCUT2D eigenvalue weighted by atomic mass is 10.1. The Morgan fingerprint density at radius 3 is 2.53 bits per heavy atom. The second-order valence-electron chi connectivity index (χ2n) is 7.76. The summed E-state index contributed by atoms with van der Waals surface area (Å²) in [4.78, 5) is 26.4. The van der Waals surface area contributed by atoms with Gasteiger partial charge in [0.2, 0.25) is 5.88 Å². The number of benzene rings is 1. The molecule has 1 amide bonds. The van der Waals surface area contributed by atoms with Crippen molar-refractivity contribution in [2.75, 3.05) is 5.32 Å². The number of aromatic nitrogens is 5. The number of aliphatic carboxylic acids is 1. The Hall–Kier alpha value is -4.72. The molecule has 38 heavy (non-hydrogen) atoms. The molecule has 0 atom stereocenters. The van der Waals surface area contributed by atoms with Crippen LogP contribution in [0.25, 0.3) is 16.9 Å². The van der Waals surface area contributed by atoms with Gasteiger partial charge < -0.3 is 15.2 Å². The molecular weight excluding hydrogens is 525 g/mol. The van der Waals surface area contributed by atoms with Crippen LogP contribution in [-0.2, 0) is 11.8 Å². The number of hydrogen-bond acceptors (Lipinski definition) is 7. The number of nitrogens with zero attached hydrogens (tertiary/aromatic N) is 5. The quantitative estimate of drug-likeness (QED) is 0.313. The van der Waals surface area contributed by atoms with Crippen LogP contribution in [0.1, 0.15) is 15.2 Å². The number of alkyl halides is 3. The predicted octanol–water partition coefficient (Wildman–Crippen LogP) is 5.18. The van der Waals surface area contributed by atoms with E-state index in [1.165, 1.54) is 11.3 Å². The van der Waals surface area contributed by atoms with E-state index in [-0.39, 0.29) is 5.91 Å². The van der Waals surface area contributed by atoms with Crippen LogP contribution in [-0.4, -0.2) is 47.5 Å². The van der Waals surface area contributed by atoms with E-state index >= 15 is 0 Å². The standard InChI is InChI=1S/C22H18N6O2S.C2HF3O2/c1-14-9-11-31-21(14)22(29)25-18-13-28-19(24-18)6-7-20(26-28)30-16-5-3-4-15(12-16)17-8-10-23-27(17)2;3-2(4,5)1(6)7/h3-13H,1-2H3,(H,25,29);(H,6,7). The fourth-order valence-corrected chi connectivity index (χ4v) is 4.07. The largest absolute Gasteiger partial charge is 0.490 e. The normalized spacial score (nSPS) is 11.1. The highest BCUT2D eigenvalue weighted by Gasteiger charge is 2.38. The lowest BCUT2D eigenvalue weighted by molar-refractivity contribution is -0.192. The highest BCUT2D eigenvalue weighted by molar-refractivity contribution is 7.12. The summed E-state index contributed by atoms with van der Waals surface area (Å²) >= 11 is 1.40. The van der Waals surface area contributed by atoms with Crippen LogP contribution < -0.4 is 10.1 Å². The number of carboxylic acids is 1. The molecule has 0 aliphatic heterocycles. The second-order valence-corrected chi connectivity index (χ2v) is 8.68. The SMILES string of the molecule is Cc1ccsc1C(=O)Nc1cn2nc(Oc3cccc(-c4ccnn4C)c3)ccc2n1.O=C(O)C(F)(F)F. The van der Waals surface area contributed by atoms with Crippen LogP contribution in [0.3, 0.4) is 0 Å². The van der Waals surface area contributed by atoms with E-state index in [4.69, 9.17) is 14.6 Å². The number of imidazole rings is 1. The monoisotopic (exact) mass is 544 g/mol. The Kier molecular flexibility index (Phi) is 7.43. The van der Waals surface area contributed by atoms with E-state index < -0.39 is 12.1 Å². The Morgan fingerprint density at radius 1 is 1.13 bits per heavy atom. The lowest BCUT2D eigenvalue weighted by Crippen LogP contribution is -2.21. The van der Waals surface area contributed by atoms with Crippen molar-refractivity contribution in [2.24, 2.45) is 7.05 Å². The van der Waals surface area contributed by atoms with E-state index in [1.54, 1.807) is 29.0 Å². The molecule has 4 aromatic heterocycles. The number of nitrogens with one attached hydrogen (secondary N) is 1. The molecule has 196 valence electrons. The number of fused-ring (bicyclic) bond motifs is 1. The van der Waals surface area contributed by atoms with Gasteiger partial charge in [0.05, 0.1) is 16.8 Å². The Balaban J connectivity index is 0.000000426. The molecule has 4 heterocycles. The number of halogens is 3. The summed E-state index contributed by atoms with van der Waals surface area (Å²) in [7, 11) is 1.90. The Morgan fingerprint density at radius 2 is 1.89 bits per heavy atom. The minimum Gasteiger partial charge on any atom is -0.475 e. The van der Waals surface area contributed by atoms with E-state index in [1.807, 2.05) is 60.4 Å². The van der Waals surface area contributed by atoms with Crippen molar-refractivity contribution in [3.05, 3.63) is 76.7 Å². The summed E-state index contributed by atoms with van der Waals surface area (Å²) in [5, 5.41) is 20.5. The van der Waals surface area contributed by atoms with Gasteiger partial charge in [0, 0.05) is 24.9 Å². The Labute approximate surface area is 216 Å². The highest BCUT2D eigenvalue weighted by Crippen LogP contribution is 2.26. The molecule has 2 N–H and O–H groups in total. The summed E-state index contributed by atoms with van der Waals surface area (Å²) in [6.07, 6.45) is -1.66. The average molecular weight is 545 g/mol. The maximum Gasteiger partial charge on any atom is 0.490 e. The van der Waals surface area contributed by atoms with Crippen LogP contribution in [0.2, 0.25) is 0 Å². The molecular formula is C24H19F3N6O4S. The lowest BCUT2D eigenvalue weighted by Gasteiger charge is -2.07. The van der Waals surface area contributed by atoms with Gasteiger partial charge in [-0.15, -0.1) is 16.4 Å². The van der Waals surface area contributed by atoms with Crippen molar-refractivity contribution in [1.29, 1.82) is 0 Å². The van der Waals surface area contributed by atoms with Crippen molar-refractivity contribution in [3.8, 4) is 22.9 Å². The Bertz CT molecular complexity index is 1610. The number of amides is 1. The minimum atomic E-state index is -5.08. The van der Waals surface area contributed by atoms with Gasteiger partial charge in [-0.3, -0.25) is 9.48 Å². The average Bonchev–Trinajstić information content (AvgIpc) is 3.58. The fourth-order valence-electron chi connectivity index (χ4n) is 3.25. The molecule has 0 radical (unpaired) electrons. The van der Waals surface area contributed by atoms with Crippen molar-refractivity contribution in [1.82, 2.24) is 24.4 Å². The molecule has 1 aromatic carbocycles. The van der Waals surface area contributed by atoms with Crippen LogP contribution in [0, 0.1) is 6.92 Å². The summed E-state index contributed by atoms with van der Waals surface area (Å²) in [5.41, 5.74) is 3.53. The van der Waals surface area contributed by atoms with Crippen LogP contribution >= 0.6 is 11.3 Å².